The third kappa shape index (κ3) is 4.22. The normalized spacial score (nSPS) is 10.3. The lowest BCUT2D eigenvalue weighted by Gasteiger charge is -2.16. The topological polar surface area (TPSA) is 62.6 Å². The molecule has 0 saturated heterocycles. The molecular formula is C17H20N2O3. The van der Waals surface area contributed by atoms with Gasteiger partial charge in [-0.3, -0.25) is 9.59 Å². The van der Waals surface area contributed by atoms with E-state index < -0.39 is 0 Å². The molecule has 0 radical (unpaired) electrons. The molecular weight excluding hydrogens is 280 g/mol. The van der Waals surface area contributed by atoms with Crippen LogP contribution in [-0.4, -0.2) is 30.3 Å². The van der Waals surface area contributed by atoms with Gasteiger partial charge in [-0.05, 0) is 38.1 Å². The van der Waals surface area contributed by atoms with Crippen molar-refractivity contribution in [3.63, 3.8) is 0 Å². The lowest BCUT2D eigenvalue weighted by Crippen LogP contribution is -2.37. The van der Waals surface area contributed by atoms with E-state index in [4.69, 9.17) is 4.42 Å². The Balaban J connectivity index is 1.88. The van der Waals surface area contributed by atoms with E-state index in [0.717, 1.165) is 11.1 Å². The van der Waals surface area contributed by atoms with Crippen molar-refractivity contribution in [1.82, 2.24) is 10.2 Å². The van der Waals surface area contributed by atoms with Crippen molar-refractivity contribution in [2.24, 2.45) is 0 Å². The van der Waals surface area contributed by atoms with Gasteiger partial charge in [0.25, 0.3) is 5.91 Å². The Bertz CT molecular complexity index is 642. The van der Waals surface area contributed by atoms with Gasteiger partial charge in [-0.15, -0.1) is 0 Å². The minimum atomic E-state index is -0.244. The predicted molar refractivity (Wildman–Crippen MR) is 83.4 cm³/mol. The highest BCUT2D eigenvalue weighted by Crippen LogP contribution is 2.09. The van der Waals surface area contributed by atoms with Crippen LogP contribution in [0.4, 0.5) is 0 Å². The molecule has 0 fully saturated rings. The third-order valence-corrected chi connectivity index (χ3v) is 3.28. The SMILES string of the molecule is Cc1cc(C)cc(C(=O)NCC(=O)N(C)Cc2ccco2)c1. The van der Waals surface area contributed by atoms with Gasteiger partial charge >= 0.3 is 0 Å². The Labute approximate surface area is 129 Å². The minimum Gasteiger partial charge on any atom is -0.467 e. The van der Waals surface area contributed by atoms with Crippen molar-refractivity contribution in [2.45, 2.75) is 20.4 Å². The highest BCUT2D eigenvalue weighted by molar-refractivity contribution is 5.96. The smallest absolute Gasteiger partial charge is 0.251 e. The van der Waals surface area contributed by atoms with Crippen LogP contribution in [0, 0.1) is 13.8 Å². The monoisotopic (exact) mass is 300 g/mol. The van der Waals surface area contributed by atoms with Gasteiger partial charge in [0.15, 0.2) is 0 Å². The molecule has 1 aromatic carbocycles. The maximum absolute atomic E-state index is 12.1. The van der Waals surface area contributed by atoms with Crippen molar-refractivity contribution in [2.75, 3.05) is 13.6 Å². The number of rotatable bonds is 5. The number of nitrogens with zero attached hydrogens (tertiary/aromatic N) is 1. The number of aryl methyl sites for hydroxylation is 2. The van der Waals surface area contributed by atoms with Gasteiger partial charge in [-0.2, -0.15) is 0 Å². The van der Waals surface area contributed by atoms with Crippen LogP contribution < -0.4 is 5.32 Å². The van der Waals surface area contributed by atoms with E-state index in [9.17, 15) is 9.59 Å². The Morgan fingerprint density at radius 2 is 1.86 bits per heavy atom. The first kappa shape index (κ1) is 15.8. The molecule has 2 amide bonds. The fraction of sp³-hybridized carbons (Fsp3) is 0.294. The quantitative estimate of drug-likeness (QED) is 0.921. The highest BCUT2D eigenvalue weighted by Gasteiger charge is 2.13. The molecule has 5 nitrogen and oxygen atoms in total. The maximum atomic E-state index is 12.1. The van der Waals surface area contributed by atoms with Crippen molar-refractivity contribution in [3.8, 4) is 0 Å². The van der Waals surface area contributed by atoms with Gasteiger partial charge in [0.2, 0.25) is 5.91 Å². The van der Waals surface area contributed by atoms with E-state index in [1.807, 2.05) is 19.9 Å². The summed E-state index contributed by atoms with van der Waals surface area (Å²) in [7, 11) is 1.67. The summed E-state index contributed by atoms with van der Waals surface area (Å²) in [4.78, 5) is 25.6. The van der Waals surface area contributed by atoms with Crippen molar-refractivity contribution in [1.29, 1.82) is 0 Å². The number of nitrogens with one attached hydrogen (secondary N) is 1. The highest BCUT2D eigenvalue weighted by atomic mass is 16.3. The second-order valence-electron chi connectivity index (χ2n) is 5.39. The summed E-state index contributed by atoms with van der Waals surface area (Å²) in [5, 5.41) is 2.65. The molecule has 5 heteroatoms. The molecule has 0 spiro atoms. The standard InChI is InChI=1S/C17H20N2O3/c1-12-7-13(2)9-14(8-12)17(21)18-10-16(20)19(3)11-15-5-4-6-22-15/h4-9H,10-11H2,1-3H3,(H,18,21). The molecule has 2 rings (SSSR count). The summed E-state index contributed by atoms with van der Waals surface area (Å²) >= 11 is 0. The number of benzene rings is 1. The lowest BCUT2D eigenvalue weighted by molar-refractivity contribution is -0.129. The number of hydrogen-bond acceptors (Lipinski definition) is 3. The molecule has 0 atom stereocenters. The largest absolute Gasteiger partial charge is 0.467 e. The molecule has 116 valence electrons. The zero-order valence-corrected chi connectivity index (χ0v) is 13.1. The second kappa shape index (κ2) is 6.93. The molecule has 0 aliphatic heterocycles. The molecule has 0 saturated carbocycles. The van der Waals surface area contributed by atoms with E-state index in [1.165, 1.54) is 4.90 Å². The van der Waals surface area contributed by atoms with Crippen LogP contribution in [-0.2, 0) is 11.3 Å². The molecule has 0 aliphatic rings. The first-order chi connectivity index (χ1) is 10.5. The van der Waals surface area contributed by atoms with Crippen molar-refractivity contribution >= 4 is 11.8 Å². The molecule has 1 heterocycles. The zero-order valence-electron chi connectivity index (χ0n) is 13.1. The fourth-order valence-corrected chi connectivity index (χ4v) is 2.22. The van der Waals surface area contributed by atoms with Crippen LogP contribution in [0.3, 0.4) is 0 Å². The lowest BCUT2D eigenvalue weighted by atomic mass is 10.1. The van der Waals surface area contributed by atoms with E-state index in [-0.39, 0.29) is 18.4 Å². The summed E-state index contributed by atoms with van der Waals surface area (Å²) in [5.74, 6) is 0.289. The Kier molecular flexibility index (Phi) is 4.99. The molecule has 0 aliphatic carbocycles. The number of amides is 2. The minimum absolute atomic E-state index is 0.0387. The average Bonchev–Trinajstić information content (AvgIpc) is 2.96. The Morgan fingerprint density at radius 1 is 1.18 bits per heavy atom. The number of carbonyl (C=O) groups excluding carboxylic acids is 2. The van der Waals surface area contributed by atoms with E-state index in [0.29, 0.717) is 17.9 Å². The molecule has 22 heavy (non-hydrogen) atoms. The van der Waals surface area contributed by atoms with Crippen LogP contribution in [0.25, 0.3) is 0 Å². The fourth-order valence-electron chi connectivity index (χ4n) is 2.22. The number of hydrogen-bond donors (Lipinski definition) is 1. The summed E-state index contributed by atoms with van der Waals surface area (Å²) in [5.41, 5.74) is 2.61. The Morgan fingerprint density at radius 3 is 2.45 bits per heavy atom. The van der Waals surface area contributed by atoms with Gasteiger partial charge in [0.1, 0.15) is 5.76 Å². The molecule has 1 aromatic heterocycles. The zero-order chi connectivity index (χ0) is 16.1. The van der Waals surface area contributed by atoms with Gasteiger partial charge < -0.3 is 14.6 Å². The van der Waals surface area contributed by atoms with Gasteiger partial charge in [-0.1, -0.05) is 17.2 Å². The van der Waals surface area contributed by atoms with Crippen LogP contribution in [0.2, 0.25) is 0 Å². The Hall–Kier alpha value is -2.56. The van der Waals surface area contributed by atoms with Gasteiger partial charge in [-0.25, -0.2) is 0 Å². The van der Waals surface area contributed by atoms with Crippen LogP contribution in [0.5, 0.6) is 0 Å². The first-order valence-corrected chi connectivity index (χ1v) is 7.08. The van der Waals surface area contributed by atoms with Crippen LogP contribution in [0.15, 0.2) is 41.0 Å². The molecule has 2 aromatic rings. The molecule has 0 bridgehead atoms. The summed E-state index contributed by atoms with van der Waals surface area (Å²) in [6.07, 6.45) is 1.56. The second-order valence-corrected chi connectivity index (χ2v) is 5.39. The first-order valence-electron chi connectivity index (χ1n) is 7.08. The van der Waals surface area contributed by atoms with E-state index in [2.05, 4.69) is 5.32 Å². The van der Waals surface area contributed by atoms with Gasteiger partial charge in [0, 0.05) is 12.6 Å². The number of likely N-dealkylation sites (N-methyl/N-ethyl adjacent to an activating group) is 1. The molecule has 0 unspecified atom stereocenters. The average molecular weight is 300 g/mol. The predicted octanol–water partition coefficient (Wildman–Crippen LogP) is 2.28. The number of furan rings is 1. The maximum Gasteiger partial charge on any atom is 0.251 e. The third-order valence-electron chi connectivity index (χ3n) is 3.28. The van der Waals surface area contributed by atoms with Crippen LogP contribution in [0.1, 0.15) is 27.2 Å². The summed E-state index contributed by atoms with van der Waals surface area (Å²) < 4.78 is 5.19. The van der Waals surface area contributed by atoms with Crippen molar-refractivity contribution in [3.05, 3.63) is 59.0 Å². The van der Waals surface area contributed by atoms with Crippen molar-refractivity contribution < 1.29 is 14.0 Å². The van der Waals surface area contributed by atoms with E-state index >= 15 is 0 Å². The van der Waals surface area contributed by atoms with E-state index in [1.54, 1.807) is 37.6 Å². The number of carbonyl (C=O) groups is 2. The molecule has 1 N–H and O–H groups in total. The van der Waals surface area contributed by atoms with Gasteiger partial charge in [0.05, 0.1) is 19.4 Å². The van der Waals surface area contributed by atoms with Crippen LogP contribution >= 0.6 is 0 Å². The summed E-state index contributed by atoms with van der Waals surface area (Å²) in [6.45, 7) is 4.21. The summed E-state index contributed by atoms with van der Waals surface area (Å²) in [6, 6.07) is 9.19.